The van der Waals surface area contributed by atoms with Gasteiger partial charge in [0.25, 0.3) is 11.5 Å². The molecule has 0 fully saturated rings. The Balaban J connectivity index is 1.79. The molecule has 0 spiro atoms. The van der Waals surface area contributed by atoms with Crippen LogP contribution in [0.3, 0.4) is 0 Å². The number of anilines is 1. The zero-order valence-electron chi connectivity index (χ0n) is 14.0. The maximum atomic E-state index is 12.6. The molecule has 26 heavy (non-hydrogen) atoms. The molecule has 8 heteroatoms. The minimum atomic E-state index is -0.495. The van der Waals surface area contributed by atoms with Gasteiger partial charge in [0.05, 0.1) is 10.7 Å². The Bertz CT molecular complexity index is 1060. The lowest BCUT2D eigenvalue weighted by Crippen LogP contribution is -2.28. The highest BCUT2D eigenvalue weighted by Crippen LogP contribution is 2.27. The van der Waals surface area contributed by atoms with Crippen LogP contribution in [0.1, 0.15) is 11.3 Å². The molecule has 0 unspecified atom stereocenters. The molecule has 134 valence electrons. The highest BCUT2D eigenvalue weighted by atomic mass is 35.5. The maximum absolute atomic E-state index is 12.6. The Morgan fingerprint density at radius 3 is 2.73 bits per heavy atom. The number of benzene rings is 1. The summed E-state index contributed by atoms with van der Waals surface area (Å²) in [7, 11) is 0. The van der Waals surface area contributed by atoms with Gasteiger partial charge in [0.1, 0.15) is 17.1 Å². The first-order valence-electron chi connectivity index (χ1n) is 7.72. The van der Waals surface area contributed by atoms with Gasteiger partial charge in [-0.05, 0) is 49.7 Å². The predicted molar refractivity (Wildman–Crippen MR) is 102 cm³/mol. The largest absolute Gasteiger partial charge is 0.482 e. The van der Waals surface area contributed by atoms with Crippen molar-refractivity contribution in [2.24, 2.45) is 0 Å². The normalized spacial score (nSPS) is 10.8. The summed E-state index contributed by atoms with van der Waals surface area (Å²) in [6.45, 7) is 3.27. The molecule has 0 radical (unpaired) electrons. The first-order chi connectivity index (χ1) is 12.3. The van der Waals surface area contributed by atoms with E-state index in [0.717, 1.165) is 5.56 Å². The van der Waals surface area contributed by atoms with Gasteiger partial charge >= 0.3 is 0 Å². The molecule has 2 heterocycles. The lowest BCUT2D eigenvalue weighted by Gasteiger charge is -2.11. The van der Waals surface area contributed by atoms with E-state index in [9.17, 15) is 9.59 Å². The van der Waals surface area contributed by atoms with Crippen LogP contribution in [-0.2, 0) is 4.79 Å². The van der Waals surface area contributed by atoms with Crippen molar-refractivity contribution in [2.45, 2.75) is 13.8 Å². The number of hydrogen-bond acceptors (Lipinski definition) is 4. The number of hydrogen-bond donors (Lipinski definition) is 1. The van der Waals surface area contributed by atoms with Crippen molar-refractivity contribution in [1.82, 2.24) is 9.38 Å². The minimum Gasteiger partial charge on any atom is -0.482 e. The van der Waals surface area contributed by atoms with Crippen molar-refractivity contribution in [2.75, 3.05) is 11.9 Å². The summed E-state index contributed by atoms with van der Waals surface area (Å²) in [4.78, 5) is 29.1. The number of ether oxygens (including phenoxy) is 1. The summed E-state index contributed by atoms with van der Waals surface area (Å²) in [5, 5.41) is 3.32. The SMILES string of the molecule is Cc1ccn2c(=O)c(NC(=O)COc3ccc(Cl)cc3Cl)c(C)nc2c1. The molecule has 0 atom stereocenters. The van der Waals surface area contributed by atoms with Crippen molar-refractivity contribution in [3.8, 4) is 5.75 Å². The molecule has 0 aliphatic heterocycles. The molecule has 1 aromatic carbocycles. The Morgan fingerprint density at radius 1 is 1.23 bits per heavy atom. The van der Waals surface area contributed by atoms with Gasteiger partial charge in [-0.25, -0.2) is 4.98 Å². The highest BCUT2D eigenvalue weighted by Gasteiger charge is 2.14. The second-order valence-corrected chi connectivity index (χ2v) is 6.56. The van der Waals surface area contributed by atoms with Crippen LogP contribution in [0.2, 0.25) is 10.0 Å². The van der Waals surface area contributed by atoms with Gasteiger partial charge in [0, 0.05) is 11.2 Å². The number of nitrogens with one attached hydrogen (secondary N) is 1. The maximum Gasteiger partial charge on any atom is 0.281 e. The second-order valence-electron chi connectivity index (χ2n) is 5.72. The van der Waals surface area contributed by atoms with Crippen LogP contribution in [0, 0.1) is 13.8 Å². The van der Waals surface area contributed by atoms with Gasteiger partial charge in [0.2, 0.25) is 0 Å². The molecule has 0 aliphatic rings. The molecule has 3 aromatic rings. The summed E-state index contributed by atoms with van der Waals surface area (Å²) in [6, 6.07) is 8.28. The quantitative estimate of drug-likeness (QED) is 0.736. The topological polar surface area (TPSA) is 72.7 Å². The zero-order chi connectivity index (χ0) is 18.8. The molecule has 0 saturated carbocycles. The van der Waals surface area contributed by atoms with Gasteiger partial charge < -0.3 is 10.1 Å². The monoisotopic (exact) mass is 391 g/mol. The average molecular weight is 392 g/mol. The molecule has 6 nitrogen and oxygen atoms in total. The minimum absolute atomic E-state index is 0.113. The number of halogens is 2. The van der Waals surface area contributed by atoms with Gasteiger partial charge in [-0.3, -0.25) is 14.0 Å². The van der Waals surface area contributed by atoms with Crippen molar-refractivity contribution in [1.29, 1.82) is 0 Å². The first-order valence-corrected chi connectivity index (χ1v) is 8.48. The van der Waals surface area contributed by atoms with Crippen LogP contribution in [0.5, 0.6) is 5.75 Å². The van der Waals surface area contributed by atoms with Crippen LogP contribution in [0.25, 0.3) is 5.65 Å². The number of pyridine rings is 1. The third-order valence-electron chi connectivity index (χ3n) is 3.68. The highest BCUT2D eigenvalue weighted by molar-refractivity contribution is 6.35. The predicted octanol–water partition coefficient (Wildman–Crippen LogP) is 3.64. The fourth-order valence-corrected chi connectivity index (χ4v) is 2.87. The Kier molecular flexibility index (Phi) is 5.15. The van der Waals surface area contributed by atoms with Crippen molar-refractivity contribution < 1.29 is 9.53 Å². The summed E-state index contributed by atoms with van der Waals surface area (Å²) < 4.78 is 6.76. The number of aryl methyl sites for hydroxylation is 2. The number of rotatable bonds is 4. The van der Waals surface area contributed by atoms with E-state index in [0.29, 0.717) is 27.1 Å². The van der Waals surface area contributed by atoms with Crippen LogP contribution >= 0.6 is 23.2 Å². The number of carbonyl (C=O) groups is 1. The first kappa shape index (κ1) is 18.2. The van der Waals surface area contributed by atoms with Crippen LogP contribution in [0.4, 0.5) is 5.69 Å². The molecule has 1 N–H and O–H groups in total. The summed E-state index contributed by atoms with van der Waals surface area (Å²) in [6.07, 6.45) is 1.62. The van der Waals surface area contributed by atoms with Crippen LogP contribution < -0.4 is 15.6 Å². The lowest BCUT2D eigenvalue weighted by molar-refractivity contribution is -0.118. The van der Waals surface area contributed by atoms with E-state index in [2.05, 4.69) is 10.3 Å². The number of aromatic nitrogens is 2. The van der Waals surface area contributed by atoms with E-state index in [-0.39, 0.29) is 17.9 Å². The van der Waals surface area contributed by atoms with E-state index >= 15 is 0 Å². The zero-order valence-corrected chi connectivity index (χ0v) is 15.6. The smallest absolute Gasteiger partial charge is 0.281 e. The van der Waals surface area contributed by atoms with Gasteiger partial charge in [-0.15, -0.1) is 0 Å². The summed E-state index contributed by atoms with van der Waals surface area (Å²) in [5.41, 5.74) is 1.70. The summed E-state index contributed by atoms with van der Waals surface area (Å²) >= 11 is 11.8. The number of amides is 1. The molecule has 2 aromatic heterocycles. The van der Waals surface area contributed by atoms with Crippen molar-refractivity contribution >= 4 is 40.4 Å². The third kappa shape index (κ3) is 3.81. The van der Waals surface area contributed by atoms with Crippen LogP contribution in [0.15, 0.2) is 41.3 Å². The molecule has 1 amide bonds. The van der Waals surface area contributed by atoms with E-state index in [4.69, 9.17) is 27.9 Å². The van der Waals surface area contributed by atoms with Gasteiger partial charge in [-0.1, -0.05) is 23.2 Å². The molecule has 0 saturated heterocycles. The van der Waals surface area contributed by atoms with Crippen molar-refractivity contribution in [3.05, 3.63) is 68.2 Å². The standard InChI is InChI=1S/C18H15Cl2N3O3/c1-10-5-6-23-15(7-10)21-11(2)17(18(23)25)22-16(24)9-26-14-4-3-12(19)8-13(14)20/h3-8H,9H2,1-2H3,(H,22,24). The van der Waals surface area contributed by atoms with E-state index in [1.807, 2.05) is 6.92 Å². The molecule has 0 aliphatic carbocycles. The van der Waals surface area contributed by atoms with Crippen LogP contribution in [-0.4, -0.2) is 21.9 Å². The van der Waals surface area contributed by atoms with Crippen molar-refractivity contribution in [3.63, 3.8) is 0 Å². The van der Waals surface area contributed by atoms with Gasteiger partial charge in [-0.2, -0.15) is 0 Å². The molecular weight excluding hydrogens is 377 g/mol. The molecule has 0 bridgehead atoms. The third-order valence-corrected chi connectivity index (χ3v) is 4.21. The summed E-state index contributed by atoms with van der Waals surface area (Å²) in [5.74, 6) is -0.170. The lowest BCUT2D eigenvalue weighted by atomic mass is 10.3. The van der Waals surface area contributed by atoms with Gasteiger partial charge in [0.15, 0.2) is 6.61 Å². The Hall–Kier alpha value is -2.57. The fourth-order valence-electron chi connectivity index (χ4n) is 2.41. The van der Waals surface area contributed by atoms with E-state index < -0.39 is 5.91 Å². The fraction of sp³-hybridized carbons (Fsp3) is 0.167. The van der Waals surface area contributed by atoms with E-state index in [1.54, 1.807) is 37.4 Å². The molecule has 3 rings (SSSR count). The number of carbonyl (C=O) groups excluding carboxylic acids is 1. The second kappa shape index (κ2) is 7.35. The Morgan fingerprint density at radius 2 is 2.00 bits per heavy atom. The van der Waals surface area contributed by atoms with E-state index in [1.165, 1.54) is 10.5 Å². The average Bonchev–Trinajstić information content (AvgIpc) is 2.57. The number of nitrogens with zero attached hydrogens (tertiary/aromatic N) is 2. The number of fused-ring (bicyclic) bond motifs is 1. The Labute approximate surface area is 159 Å². The molecular formula is C18H15Cl2N3O3.